The second kappa shape index (κ2) is 6.98. The van der Waals surface area contributed by atoms with Crippen molar-refractivity contribution in [3.63, 3.8) is 0 Å². The second-order valence-corrected chi connectivity index (χ2v) is 7.21. The van der Waals surface area contributed by atoms with Crippen LogP contribution in [0.3, 0.4) is 0 Å². The number of fused-ring (bicyclic) bond motifs is 2. The second-order valence-electron chi connectivity index (χ2n) is 6.77. The molecule has 4 nitrogen and oxygen atoms in total. The Morgan fingerprint density at radius 3 is 2.91 bits per heavy atom. The molecule has 1 aromatic rings. The molecule has 23 heavy (non-hydrogen) atoms. The monoisotopic (exact) mass is 337 g/mol. The predicted molar refractivity (Wildman–Crippen MR) is 95.2 cm³/mol. The van der Waals surface area contributed by atoms with E-state index in [1.54, 1.807) is 0 Å². The smallest absolute Gasteiger partial charge is 0.124 e. The van der Waals surface area contributed by atoms with Crippen molar-refractivity contribution in [3.8, 4) is 5.75 Å². The summed E-state index contributed by atoms with van der Waals surface area (Å²) < 4.78 is 6.02. The highest BCUT2D eigenvalue weighted by atomic mass is 35.5. The van der Waals surface area contributed by atoms with E-state index in [4.69, 9.17) is 16.3 Å². The van der Waals surface area contributed by atoms with Crippen molar-refractivity contribution >= 4 is 11.6 Å². The van der Waals surface area contributed by atoms with Crippen molar-refractivity contribution in [2.75, 3.05) is 39.4 Å². The zero-order chi connectivity index (χ0) is 16.4. The van der Waals surface area contributed by atoms with E-state index in [-0.39, 0.29) is 11.6 Å². The molecule has 0 saturated carbocycles. The summed E-state index contributed by atoms with van der Waals surface area (Å²) in [6.45, 7) is 13.0. The van der Waals surface area contributed by atoms with Gasteiger partial charge in [-0.25, -0.2) is 0 Å². The fourth-order valence-corrected chi connectivity index (χ4v) is 4.06. The van der Waals surface area contributed by atoms with Crippen molar-refractivity contribution < 1.29 is 4.74 Å². The molecule has 1 fully saturated rings. The number of benzene rings is 1. The van der Waals surface area contributed by atoms with Crippen molar-refractivity contribution in [3.05, 3.63) is 28.8 Å². The van der Waals surface area contributed by atoms with Gasteiger partial charge in [-0.1, -0.05) is 25.4 Å². The van der Waals surface area contributed by atoms with Gasteiger partial charge in [0.25, 0.3) is 0 Å². The maximum atomic E-state index is 6.25. The molecule has 0 aromatic heterocycles. The number of likely N-dealkylation sites (N-methyl/N-ethyl adjacent to an activating group) is 1. The fraction of sp³-hybridized carbons (Fsp3) is 0.667. The van der Waals surface area contributed by atoms with Gasteiger partial charge in [-0.2, -0.15) is 0 Å². The normalized spacial score (nSPS) is 27.4. The molecule has 1 saturated heterocycles. The summed E-state index contributed by atoms with van der Waals surface area (Å²) in [5.74, 6) is 0.978. The number of nitrogens with one attached hydrogen (secondary N) is 1. The molecular formula is C18H28ClN3O. The largest absolute Gasteiger partial charge is 0.490 e. The van der Waals surface area contributed by atoms with E-state index in [1.165, 1.54) is 5.56 Å². The van der Waals surface area contributed by atoms with Crippen molar-refractivity contribution in [2.45, 2.75) is 38.8 Å². The molecule has 2 aliphatic rings. The standard InChI is InChI=1S/C18H28ClN3O/c1-4-21(5-2)8-9-22-12-18(20-13-22)11-14(3)23-17-7-6-15(19)10-16(17)18/h6-7,10,14,20H,4-5,8-9,11-13H2,1-3H3. The summed E-state index contributed by atoms with van der Waals surface area (Å²) in [6.07, 6.45) is 1.21. The van der Waals surface area contributed by atoms with Crippen LogP contribution in [0.2, 0.25) is 5.02 Å². The Morgan fingerprint density at radius 2 is 2.17 bits per heavy atom. The van der Waals surface area contributed by atoms with Gasteiger partial charge >= 0.3 is 0 Å². The Bertz CT molecular complexity index is 549. The van der Waals surface area contributed by atoms with Crippen LogP contribution >= 0.6 is 11.6 Å². The molecule has 0 bridgehead atoms. The van der Waals surface area contributed by atoms with E-state index in [0.717, 1.165) is 56.6 Å². The van der Waals surface area contributed by atoms with E-state index in [0.29, 0.717) is 0 Å². The van der Waals surface area contributed by atoms with Gasteiger partial charge in [-0.05, 0) is 38.2 Å². The van der Waals surface area contributed by atoms with Gasteiger partial charge in [0.15, 0.2) is 0 Å². The molecule has 1 N–H and O–H groups in total. The van der Waals surface area contributed by atoms with Crippen molar-refractivity contribution in [1.82, 2.24) is 15.1 Å². The number of hydrogen-bond acceptors (Lipinski definition) is 4. The lowest BCUT2D eigenvalue weighted by Crippen LogP contribution is -2.46. The van der Waals surface area contributed by atoms with Gasteiger partial charge in [0.05, 0.1) is 11.6 Å². The minimum absolute atomic E-state index is 0.0266. The summed E-state index contributed by atoms with van der Waals surface area (Å²) in [5, 5.41) is 4.55. The van der Waals surface area contributed by atoms with Crippen LogP contribution in [0, 0.1) is 0 Å². The number of halogens is 1. The Labute approximate surface area is 144 Å². The average molecular weight is 338 g/mol. The van der Waals surface area contributed by atoms with Crippen LogP contribution in [0.25, 0.3) is 0 Å². The first-order chi connectivity index (χ1) is 11.1. The summed E-state index contributed by atoms with van der Waals surface area (Å²) in [7, 11) is 0. The summed E-state index contributed by atoms with van der Waals surface area (Å²) in [4.78, 5) is 4.99. The molecule has 128 valence electrons. The number of hydrogen-bond donors (Lipinski definition) is 1. The lowest BCUT2D eigenvalue weighted by Gasteiger charge is -2.39. The Morgan fingerprint density at radius 1 is 1.39 bits per heavy atom. The zero-order valence-corrected chi connectivity index (χ0v) is 15.2. The first kappa shape index (κ1) is 17.0. The molecule has 0 aliphatic carbocycles. The summed E-state index contributed by atoms with van der Waals surface area (Å²) in [6, 6.07) is 6.00. The molecule has 1 aromatic carbocycles. The van der Waals surface area contributed by atoms with Crippen LogP contribution in [0.1, 0.15) is 32.8 Å². The Balaban J connectivity index is 1.75. The first-order valence-electron chi connectivity index (χ1n) is 8.72. The van der Waals surface area contributed by atoms with Gasteiger partial charge < -0.3 is 9.64 Å². The maximum absolute atomic E-state index is 6.25. The molecule has 2 unspecified atom stereocenters. The lowest BCUT2D eigenvalue weighted by atomic mass is 9.82. The van der Waals surface area contributed by atoms with Crippen LogP contribution in [0.4, 0.5) is 0 Å². The van der Waals surface area contributed by atoms with Gasteiger partial charge in [0.1, 0.15) is 5.75 Å². The fourth-order valence-electron chi connectivity index (χ4n) is 3.89. The first-order valence-corrected chi connectivity index (χ1v) is 9.10. The molecule has 1 spiro atoms. The van der Waals surface area contributed by atoms with E-state index >= 15 is 0 Å². The molecule has 0 radical (unpaired) electrons. The topological polar surface area (TPSA) is 27.7 Å². The lowest BCUT2D eigenvalue weighted by molar-refractivity contribution is 0.127. The maximum Gasteiger partial charge on any atom is 0.124 e. The van der Waals surface area contributed by atoms with Crippen molar-refractivity contribution in [1.29, 1.82) is 0 Å². The van der Waals surface area contributed by atoms with Crippen LogP contribution < -0.4 is 10.1 Å². The van der Waals surface area contributed by atoms with Gasteiger partial charge in [-0.3, -0.25) is 10.2 Å². The third kappa shape index (κ3) is 3.50. The highest BCUT2D eigenvalue weighted by molar-refractivity contribution is 6.30. The van der Waals surface area contributed by atoms with Crippen LogP contribution in [0.5, 0.6) is 5.75 Å². The minimum atomic E-state index is -0.0266. The predicted octanol–water partition coefficient (Wildman–Crippen LogP) is 2.91. The molecule has 0 amide bonds. The van der Waals surface area contributed by atoms with Gasteiger partial charge in [0.2, 0.25) is 0 Å². The molecule has 2 atom stereocenters. The molecule has 3 rings (SSSR count). The summed E-state index contributed by atoms with van der Waals surface area (Å²) in [5.41, 5.74) is 1.19. The SMILES string of the molecule is CCN(CC)CCN1CNC2(CC(C)Oc3ccc(Cl)cc32)C1. The van der Waals surface area contributed by atoms with E-state index in [2.05, 4.69) is 42.0 Å². The van der Waals surface area contributed by atoms with E-state index < -0.39 is 0 Å². The number of ether oxygens (including phenoxy) is 1. The zero-order valence-electron chi connectivity index (χ0n) is 14.4. The van der Waals surface area contributed by atoms with Crippen LogP contribution in [-0.4, -0.2) is 55.3 Å². The van der Waals surface area contributed by atoms with E-state index in [1.807, 2.05) is 12.1 Å². The third-order valence-electron chi connectivity index (χ3n) is 5.18. The van der Waals surface area contributed by atoms with Crippen LogP contribution in [-0.2, 0) is 5.54 Å². The van der Waals surface area contributed by atoms with E-state index in [9.17, 15) is 0 Å². The Kier molecular flexibility index (Phi) is 5.16. The average Bonchev–Trinajstić information content (AvgIpc) is 2.93. The number of rotatable bonds is 5. The molecule has 2 aliphatic heterocycles. The van der Waals surface area contributed by atoms with Gasteiger partial charge in [-0.15, -0.1) is 0 Å². The quantitative estimate of drug-likeness (QED) is 0.894. The molecule has 2 heterocycles. The highest BCUT2D eigenvalue weighted by Gasteiger charge is 2.45. The number of nitrogens with zero attached hydrogens (tertiary/aromatic N) is 2. The minimum Gasteiger partial charge on any atom is -0.490 e. The Hall–Kier alpha value is -0.810. The summed E-state index contributed by atoms with van der Waals surface area (Å²) >= 11 is 6.25. The highest BCUT2D eigenvalue weighted by Crippen LogP contribution is 2.42. The molecular weight excluding hydrogens is 310 g/mol. The van der Waals surface area contributed by atoms with Crippen LogP contribution in [0.15, 0.2) is 18.2 Å². The molecule has 5 heteroatoms. The van der Waals surface area contributed by atoms with Crippen molar-refractivity contribution in [2.24, 2.45) is 0 Å². The van der Waals surface area contributed by atoms with Gasteiger partial charge in [0, 0.05) is 43.3 Å². The third-order valence-corrected chi connectivity index (χ3v) is 5.42.